The number of carbonyl (C=O) groups excluding carboxylic acids is 2. The molecule has 3 heteroatoms. The quantitative estimate of drug-likeness (QED) is 0.846. The summed E-state index contributed by atoms with van der Waals surface area (Å²) < 4.78 is 0. The van der Waals surface area contributed by atoms with E-state index in [0.717, 1.165) is 5.56 Å². The van der Waals surface area contributed by atoms with Gasteiger partial charge in [-0.25, -0.2) is 0 Å². The molecule has 0 unspecified atom stereocenters. The van der Waals surface area contributed by atoms with Gasteiger partial charge in [-0.3, -0.25) is 9.59 Å². The van der Waals surface area contributed by atoms with Crippen molar-refractivity contribution in [3.63, 3.8) is 0 Å². The second-order valence-electron chi connectivity index (χ2n) is 4.35. The Bertz CT molecular complexity index is 712. The zero-order chi connectivity index (χ0) is 13.4. The van der Waals surface area contributed by atoms with Gasteiger partial charge in [0, 0.05) is 5.56 Å². The molecule has 1 aliphatic carbocycles. The predicted molar refractivity (Wildman–Crippen MR) is 71.3 cm³/mol. The summed E-state index contributed by atoms with van der Waals surface area (Å²) in [6.45, 7) is 0. The van der Waals surface area contributed by atoms with Gasteiger partial charge < -0.3 is 5.11 Å². The number of benzene rings is 2. The zero-order valence-electron chi connectivity index (χ0n) is 9.96. The molecule has 1 aliphatic rings. The van der Waals surface area contributed by atoms with Crippen LogP contribution in [0.3, 0.4) is 0 Å². The molecule has 0 aromatic heterocycles. The van der Waals surface area contributed by atoms with Crippen LogP contribution in [0, 0.1) is 0 Å². The molecular formula is C16H10O3. The predicted octanol–water partition coefficient (Wildman–Crippen LogP) is 2.99. The van der Waals surface area contributed by atoms with E-state index in [1.165, 1.54) is 18.2 Å². The van der Waals surface area contributed by atoms with E-state index in [-0.39, 0.29) is 28.4 Å². The largest absolute Gasteiger partial charge is 0.507 e. The highest BCUT2D eigenvalue weighted by molar-refractivity contribution is 6.23. The summed E-state index contributed by atoms with van der Waals surface area (Å²) in [5.74, 6) is -0.756. The molecule has 2 aromatic carbocycles. The highest BCUT2D eigenvalue weighted by atomic mass is 16.3. The SMILES string of the molecule is O=C1C=CC(=O)c2c(O)cc(-c3ccccc3)cc21. The number of fused-ring (bicyclic) bond motifs is 1. The fourth-order valence-electron chi connectivity index (χ4n) is 2.20. The van der Waals surface area contributed by atoms with Crippen molar-refractivity contribution in [3.05, 3.63) is 65.7 Å². The van der Waals surface area contributed by atoms with E-state index in [4.69, 9.17) is 0 Å². The lowest BCUT2D eigenvalue weighted by atomic mass is 9.90. The van der Waals surface area contributed by atoms with Gasteiger partial charge >= 0.3 is 0 Å². The van der Waals surface area contributed by atoms with E-state index < -0.39 is 0 Å². The number of phenols is 1. The summed E-state index contributed by atoms with van der Waals surface area (Å²) in [6.07, 6.45) is 2.42. The van der Waals surface area contributed by atoms with Crippen LogP contribution < -0.4 is 0 Å². The van der Waals surface area contributed by atoms with Crippen molar-refractivity contribution in [2.24, 2.45) is 0 Å². The number of hydrogen-bond donors (Lipinski definition) is 1. The number of allylic oxidation sites excluding steroid dienone is 2. The van der Waals surface area contributed by atoms with Crippen LogP contribution >= 0.6 is 0 Å². The number of phenolic OH excluding ortho intramolecular Hbond substituents is 1. The third kappa shape index (κ3) is 1.85. The van der Waals surface area contributed by atoms with Crippen LogP contribution in [-0.4, -0.2) is 16.7 Å². The minimum absolute atomic E-state index is 0.0900. The molecule has 0 bridgehead atoms. The molecule has 19 heavy (non-hydrogen) atoms. The molecule has 3 nitrogen and oxygen atoms in total. The zero-order valence-corrected chi connectivity index (χ0v) is 9.96. The number of aromatic hydroxyl groups is 1. The Labute approximate surface area is 109 Å². The Balaban J connectivity index is 2.23. The Morgan fingerprint density at radius 2 is 1.47 bits per heavy atom. The molecule has 0 aliphatic heterocycles. The topological polar surface area (TPSA) is 54.4 Å². The average molecular weight is 250 g/mol. The molecule has 0 radical (unpaired) electrons. The van der Waals surface area contributed by atoms with E-state index in [9.17, 15) is 14.7 Å². The number of rotatable bonds is 1. The molecule has 1 N–H and O–H groups in total. The lowest BCUT2D eigenvalue weighted by Crippen LogP contribution is -2.11. The average Bonchev–Trinajstić information content (AvgIpc) is 2.43. The first-order chi connectivity index (χ1) is 9.16. The highest BCUT2D eigenvalue weighted by Crippen LogP contribution is 2.32. The first-order valence-electron chi connectivity index (χ1n) is 5.86. The third-order valence-corrected chi connectivity index (χ3v) is 3.12. The number of carbonyl (C=O) groups is 2. The fraction of sp³-hybridized carbons (Fsp3) is 0. The minimum atomic E-state index is -0.341. The molecule has 92 valence electrons. The van der Waals surface area contributed by atoms with Crippen LogP contribution in [-0.2, 0) is 0 Å². The minimum Gasteiger partial charge on any atom is -0.507 e. The molecule has 0 saturated carbocycles. The van der Waals surface area contributed by atoms with Crippen molar-refractivity contribution in [2.75, 3.05) is 0 Å². The lowest BCUT2D eigenvalue weighted by Gasteiger charge is -2.13. The second-order valence-corrected chi connectivity index (χ2v) is 4.35. The van der Waals surface area contributed by atoms with E-state index in [2.05, 4.69) is 0 Å². The van der Waals surface area contributed by atoms with Crippen LogP contribution in [0.2, 0.25) is 0 Å². The van der Waals surface area contributed by atoms with Gasteiger partial charge in [0.1, 0.15) is 5.75 Å². The van der Waals surface area contributed by atoms with Crippen molar-refractivity contribution < 1.29 is 14.7 Å². The van der Waals surface area contributed by atoms with Crippen molar-refractivity contribution in [1.82, 2.24) is 0 Å². The van der Waals surface area contributed by atoms with Crippen LogP contribution in [0.25, 0.3) is 11.1 Å². The third-order valence-electron chi connectivity index (χ3n) is 3.12. The van der Waals surface area contributed by atoms with E-state index >= 15 is 0 Å². The van der Waals surface area contributed by atoms with Crippen molar-refractivity contribution in [1.29, 1.82) is 0 Å². The summed E-state index contributed by atoms with van der Waals surface area (Å²) in [6, 6.07) is 12.6. The van der Waals surface area contributed by atoms with Gasteiger partial charge in [0.2, 0.25) is 0 Å². The normalized spacial score (nSPS) is 13.5. The first kappa shape index (κ1) is 11.4. The molecule has 0 fully saturated rings. The molecule has 3 rings (SSSR count). The van der Waals surface area contributed by atoms with Gasteiger partial charge in [-0.05, 0) is 35.4 Å². The van der Waals surface area contributed by atoms with E-state index in [0.29, 0.717) is 5.56 Å². The molecule has 2 aromatic rings. The van der Waals surface area contributed by atoms with Gasteiger partial charge in [-0.2, -0.15) is 0 Å². The maximum Gasteiger partial charge on any atom is 0.190 e. The van der Waals surface area contributed by atoms with Gasteiger partial charge in [0.25, 0.3) is 0 Å². The van der Waals surface area contributed by atoms with Gasteiger partial charge in [0.15, 0.2) is 11.6 Å². The van der Waals surface area contributed by atoms with Crippen LogP contribution in [0.4, 0.5) is 0 Å². The van der Waals surface area contributed by atoms with Gasteiger partial charge in [-0.15, -0.1) is 0 Å². The lowest BCUT2D eigenvalue weighted by molar-refractivity contribution is 0.0992. The van der Waals surface area contributed by atoms with Crippen molar-refractivity contribution in [2.45, 2.75) is 0 Å². The van der Waals surface area contributed by atoms with Crippen LogP contribution in [0.15, 0.2) is 54.6 Å². The maximum absolute atomic E-state index is 11.8. The molecular weight excluding hydrogens is 240 g/mol. The van der Waals surface area contributed by atoms with Gasteiger partial charge in [-0.1, -0.05) is 30.3 Å². The molecule has 0 heterocycles. The summed E-state index contributed by atoms with van der Waals surface area (Å²) in [5, 5.41) is 9.98. The molecule has 0 atom stereocenters. The molecule has 0 amide bonds. The number of ketones is 2. The summed E-state index contributed by atoms with van der Waals surface area (Å²) >= 11 is 0. The second kappa shape index (κ2) is 4.21. The first-order valence-corrected chi connectivity index (χ1v) is 5.86. The van der Waals surface area contributed by atoms with Crippen LogP contribution in [0.1, 0.15) is 20.7 Å². The Hall–Kier alpha value is -2.68. The number of hydrogen-bond acceptors (Lipinski definition) is 3. The maximum atomic E-state index is 11.8. The monoisotopic (exact) mass is 250 g/mol. The van der Waals surface area contributed by atoms with Gasteiger partial charge in [0.05, 0.1) is 5.56 Å². The summed E-state index contributed by atoms with van der Waals surface area (Å²) in [4.78, 5) is 23.5. The highest BCUT2D eigenvalue weighted by Gasteiger charge is 2.23. The Morgan fingerprint density at radius 3 is 2.21 bits per heavy atom. The van der Waals surface area contributed by atoms with Crippen molar-refractivity contribution in [3.8, 4) is 16.9 Å². The van der Waals surface area contributed by atoms with E-state index in [1.54, 1.807) is 6.07 Å². The summed E-state index contributed by atoms with van der Waals surface area (Å²) in [7, 11) is 0. The smallest absolute Gasteiger partial charge is 0.190 e. The molecule has 0 saturated heterocycles. The van der Waals surface area contributed by atoms with Crippen molar-refractivity contribution >= 4 is 11.6 Å². The van der Waals surface area contributed by atoms with E-state index in [1.807, 2.05) is 30.3 Å². The fourth-order valence-corrected chi connectivity index (χ4v) is 2.20. The summed E-state index contributed by atoms with van der Waals surface area (Å²) in [5.41, 5.74) is 1.95. The van der Waals surface area contributed by atoms with Crippen LogP contribution in [0.5, 0.6) is 5.75 Å². The standard InChI is InChI=1S/C16H10O3/c17-13-6-7-14(18)16-12(13)8-11(9-15(16)19)10-4-2-1-3-5-10/h1-9,19H. The Morgan fingerprint density at radius 1 is 0.789 bits per heavy atom. The molecule has 0 spiro atoms. The Kier molecular flexibility index (Phi) is 2.53.